The Kier molecular flexibility index (Phi) is 3.76. The predicted octanol–water partition coefficient (Wildman–Crippen LogP) is 2.26. The summed E-state index contributed by atoms with van der Waals surface area (Å²) in [6.45, 7) is 2.36. The molecule has 0 aromatic heterocycles. The van der Waals surface area contributed by atoms with Crippen molar-refractivity contribution in [1.29, 1.82) is 0 Å². The average Bonchev–Trinajstić information content (AvgIpc) is 2.61. The molecule has 1 aliphatic heterocycles. The Labute approximate surface area is 115 Å². The van der Waals surface area contributed by atoms with Crippen molar-refractivity contribution < 1.29 is 14.3 Å². The summed E-state index contributed by atoms with van der Waals surface area (Å²) in [6.07, 6.45) is 1.56. The third kappa shape index (κ3) is 2.71. The fourth-order valence-electron chi connectivity index (χ4n) is 1.70. The summed E-state index contributed by atoms with van der Waals surface area (Å²) >= 11 is 5.93. The summed E-state index contributed by atoms with van der Waals surface area (Å²) in [4.78, 5) is 24.1. The molecule has 0 unspecified atom stereocenters. The largest absolute Gasteiger partial charge is 0.493 e. The van der Waals surface area contributed by atoms with Gasteiger partial charge in [-0.05, 0) is 31.2 Å². The van der Waals surface area contributed by atoms with E-state index in [0.717, 1.165) is 4.90 Å². The van der Waals surface area contributed by atoms with Crippen LogP contribution in [0.25, 0.3) is 6.08 Å². The number of benzene rings is 1. The zero-order chi connectivity index (χ0) is 14.0. The van der Waals surface area contributed by atoms with Gasteiger partial charge in [0, 0.05) is 17.6 Å². The molecule has 1 N–H and O–H groups in total. The zero-order valence-corrected chi connectivity index (χ0v) is 11.3. The highest BCUT2D eigenvalue weighted by molar-refractivity contribution is 6.30. The Bertz CT molecular complexity index is 569. The molecule has 5 nitrogen and oxygen atoms in total. The molecular formula is C13H13ClN2O3. The smallest absolute Gasteiger partial charge is 0.328 e. The number of halogens is 1. The maximum absolute atomic E-state index is 11.8. The molecule has 0 bridgehead atoms. The number of hydrogen-bond donors (Lipinski definition) is 1. The highest BCUT2D eigenvalue weighted by Crippen LogP contribution is 2.26. The van der Waals surface area contributed by atoms with Gasteiger partial charge in [-0.2, -0.15) is 0 Å². The molecule has 6 heteroatoms. The number of likely N-dealkylation sites (N-methyl/N-ethyl adjacent to an activating group) is 1. The number of urea groups is 1. The van der Waals surface area contributed by atoms with E-state index in [-0.39, 0.29) is 11.6 Å². The predicted molar refractivity (Wildman–Crippen MR) is 71.9 cm³/mol. The minimum Gasteiger partial charge on any atom is -0.493 e. The van der Waals surface area contributed by atoms with Crippen molar-refractivity contribution in [2.24, 2.45) is 0 Å². The monoisotopic (exact) mass is 280 g/mol. The first kappa shape index (κ1) is 13.4. The van der Waals surface area contributed by atoms with E-state index in [4.69, 9.17) is 16.3 Å². The van der Waals surface area contributed by atoms with Crippen LogP contribution in [0.5, 0.6) is 5.75 Å². The molecule has 0 saturated carbocycles. The number of hydrogen-bond acceptors (Lipinski definition) is 3. The van der Waals surface area contributed by atoms with Crippen molar-refractivity contribution in [2.75, 3.05) is 13.7 Å². The molecule has 1 fully saturated rings. The molecule has 100 valence electrons. The van der Waals surface area contributed by atoms with Crippen LogP contribution in [0.3, 0.4) is 0 Å². The molecule has 2 rings (SSSR count). The summed E-state index contributed by atoms with van der Waals surface area (Å²) in [5.74, 6) is 0.225. The molecule has 3 amide bonds. The van der Waals surface area contributed by atoms with E-state index in [2.05, 4.69) is 5.32 Å². The van der Waals surface area contributed by atoms with Gasteiger partial charge >= 0.3 is 6.03 Å². The van der Waals surface area contributed by atoms with Gasteiger partial charge in [-0.25, -0.2) is 4.79 Å². The average molecular weight is 281 g/mol. The fourth-order valence-corrected chi connectivity index (χ4v) is 1.88. The third-order valence-electron chi connectivity index (χ3n) is 2.65. The van der Waals surface area contributed by atoms with Gasteiger partial charge in [0.05, 0.1) is 6.61 Å². The van der Waals surface area contributed by atoms with Gasteiger partial charge in [-0.3, -0.25) is 9.69 Å². The molecule has 1 aromatic carbocycles. The van der Waals surface area contributed by atoms with Crippen LogP contribution >= 0.6 is 11.6 Å². The van der Waals surface area contributed by atoms with Gasteiger partial charge < -0.3 is 10.1 Å². The maximum atomic E-state index is 11.8. The summed E-state index contributed by atoms with van der Waals surface area (Å²) in [6, 6.07) is 4.66. The molecular weight excluding hydrogens is 268 g/mol. The molecule has 19 heavy (non-hydrogen) atoms. The van der Waals surface area contributed by atoms with Crippen LogP contribution in [0.1, 0.15) is 12.5 Å². The van der Waals surface area contributed by atoms with Crippen molar-refractivity contribution in [3.63, 3.8) is 0 Å². The number of nitrogens with zero attached hydrogens (tertiary/aromatic N) is 1. The van der Waals surface area contributed by atoms with Gasteiger partial charge in [0.1, 0.15) is 11.4 Å². The van der Waals surface area contributed by atoms with Crippen molar-refractivity contribution in [1.82, 2.24) is 10.2 Å². The number of amides is 3. The summed E-state index contributed by atoms with van der Waals surface area (Å²) in [5.41, 5.74) is 0.851. The van der Waals surface area contributed by atoms with E-state index < -0.39 is 6.03 Å². The molecule has 0 aliphatic carbocycles. The van der Waals surface area contributed by atoms with Crippen LogP contribution in [0.2, 0.25) is 5.02 Å². The fraction of sp³-hybridized carbons (Fsp3) is 0.231. The van der Waals surface area contributed by atoms with Crippen molar-refractivity contribution >= 4 is 29.6 Å². The van der Waals surface area contributed by atoms with Crippen molar-refractivity contribution in [2.45, 2.75) is 6.92 Å². The Morgan fingerprint density at radius 2 is 2.16 bits per heavy atom. The highest BCUT2D eigenvalue weighted by Gasteiger charge is 2.30. The zero-order valence-electron chi connectivity index (χ0n) is 10.6. The van der Waals surface area contributed by atoms with Crippen LogP contribution < -0.4 is 10.1 Å². The molecule has 1 aliphatic rings. The van der Waals surface area contributed by atoms with Crippen LogP contribution in [-0.2, 0) is 4.79 Å². The molecule has 1 aromatic rings. The summed E-state index contributed by atoms with van der Waals surface area (Å²) in [7, 11) is 1.42. The number of carbonyl (C=O) groups excluding carboxylic acids is 2. The molecule has 0 atom stereocenters. The van der Waals surface area contributed by atoms with E-state index in [1.54, 1.807) is 24.3 Å². The minimum absolute atomic E-state index is 0.204. The topological polar surface area (TPSA) is 58.6 Å². The number of carbonyl (C=O) groups is 2. The van der Waals surface area contributed by atoms with Gasteiger partial charge in [0.2, 0.25) is 0 Å². The molecule has 1 heterocycles. The first-order valence-electron chi connectivity index (χ1n) is 5.76. The Morgan fingerprint density at radius 3 is 2.74 bits per heavy atom. The lowest BCUT2D eigenvalue weighted by Crippen LogP contribution is -2.25. The van der Waals surface area contributed by atoms with Crippen molar-refractivity contribution in [3.05, 3.63) is 34.5 Å². The number of imide groups is 1. The van der Waals surface area contributed by atoms with E-state index >= 15 is 0 Å². The van der Waals surface area contributed by atoms with Crippen LogP contribution in [0.15, 0.2) is 23.9 Å². The molecule has 0 spiro atoms. The van der Waals surface area contributed by atoms with Crippen LogP contribution in [0, 0.1) is 0 Å². The quantitative estimate of drug-likeness (QED) is 0.682. The lowest BCUT2D eigenvalue weighted by Gasteiger charge is -2.08. The first-order chi connectivity index (χ1) is 9.02. The van der Waals surface area contributed by atoms with Crippen LogP contribution in [-0.4, -0.2) is 30.5 Å². The van der Waals surface area contributed by atoms with E-state index in [1.165, 1.54) is 7.05 Å². The van der Waals surface area contributed by atoms with Gasteiger partial charge in [0.15, 0.2) is 0 Å². The number of nitrogens with one attached hydrogen (secondary N) is 1. The second-order valence-electron chi connectivity index (χ2n) is 3.97. The standard InChI is InChI=1S/C13H13ClN2O3/c1-3-19-11-5-4-9(14)6-8(11)7-10-12(17)16(2)13(18)15-10/h4-7H,3H2,1-2H3,(H,15,18)/b10-7-. The number of ether oxygens (including phenoxy) is 1. The van der Waals surface area contributed by atoms with Crippen molar-refractivity contribution in [3.8, 4) is 5.75 Å². The summed E-state index contributed by atoms with van der Waals surface area (Å²) in [5, 5.41) is 3.02. The second-order valence-corrected chi connectivity index (χ2v) is 4.40. The lowest BCUT2D eigenvalue weighted by molar-refractivity contribution is -0.121. The molecule has 0 radical (unpaired) electrons. The van der Waals surface area contributed by atoms with Gasteiger partial charge in [0.25, 0.3) is 5.91 Å². The third-order valence-corrected chi connectivity index (χ3v) is 2.89. The summed E-state index contributed by atoms with van der Waals surface area (Å²) < 4.78 is 5.45. The van der Waals surface area contributed by atoms with E-state index in [0.29, 0.717) is 22.9 Å². The Hall–Kier alpha value is -2.01. The van der Waals surface area contributed by atoms with E-state index in [1.807, 2.05) is 6.92 Å². The highest BCUT2D eigenvalue weighted by atomic mass is 35.5. The molecule has 1 saturated heterocycles. The first-order valence-corrected chi connectivity index (χ1v) is 6.13. The lowest BCUT2D eigenvalue weighted by atomic mass is 10.1. The Morgan fingerprint density at radius 1 is 1.42 bits per heavy atom. The normalized spacial score (nSPS) is 17.0. The maximum Gasteiger partial charge on any atom is 0.328 e. The van der Waals surface area contributed by atoms with Gasteiger partial charge in [-0.1, -0.05) is 11.6 Å². The van der Waals surface area contributed by atoms with Crippen LogP contribution in [0.4, 0.5) is 4.79 Å². The second kappa shape index (κ2) is 5.32. The van der Waals surface area contributed by atoms with E-state index in [9.17, 15) is 9.59 Å². The Balaban J connectivity index is 2.40. The number of rotatable bonds is 3. The minimum atomic E-state index is -0.448. The van der Waals surface area contributed by atoms with Gasteiger partial charge in [-0.15, -0.1) is 0 Å². The SMILES string of the molecule is CCOc1ccc(Cl)cc1/C=C1\NC(=O)N(C)C1=O.